The molecule has 6 rings (SSSR count). The highest BCUT2D eigenvalue weighted by Gasteiger charge is 2.11. The number of fused-ring (bicyclic) bond motifs is 3. The van der Waals surface area contributed by atoms with E-state index < -0.39 is 0 Å². The Balaban J connectivity index is 1.28. The van der Waals surface area contributed by atoms with Crippen LogP contribution < -0.4 is 0 Å². The molecule has 0 bridgehead atoms. The molecule has 1 aliphatic heterocycles. The van der Waals surface area contributed by atoms with E-state index in [0.717, 1.165) is 55.0 Å². The zero-order valence-corrected chi connectivity index (χ0v) is 19.1. The molecule has 2 aromatic heterocycles. The minimum absolute atomic E-state index is 0.835. The van der Waals surface area contributed by atoms with E-state index in [2.05, 4.69) is 99.8 Å². The second kappa shape index (κ2) is 9.26. The second-order valence-electron chi connectivity index (χ2n) is 8.88. The molecule has 168 valence electrons. The number of rotatable bonds is 5. The molecule has 3 aromatic carbocycles. The van der Waals surface area contributed by atoms with Gasteiger partial charge in [0.25, 0.3) is 0 Å². The van der Waals surface area contributed by atoms with Crippen LogP contribution in [0.2, 0.25) is 0 Å². The standard InChI is InChI=1S/C30H27N3O/c1-2-4-22(5-3-1)6-7-24-18-28-27-19-26(12-13-29(27)32-30(28)31-20-24)25-10-8-23(9-11-25)21-33-14-16-34-17-15-33/h1-13,18-20H,14-17,21H2,(H,31,32). The number of H-pyrrole nitrogens is 1. The summed E-state index contributed by atoms with van der Waals surface area (Å²) in [5, 5.41) is 2.35. The lowest BCUT2D eigenvalue weighted by molar-refractivity contribution is 0.0342. The summed E-state index contributed by atoms with van der Waals surface area (Å²) in [6.45, 7) is 4.67. The highest BCUT2D eigenvalue weighted by Crippen LogP contribution is 2.30. The number of nitrogens with zero attached hydrogens (tertiary/aromatic N) is 2. The topological polar surface area (TPSA) is 41.2 Å². The van der Waals surface area contributed by atoms with Crippen molar-refractivity contribution in [3.05, 3.63) is 102 Å². The summed E-state index contributed by atoms with van der Waals surface area (Å²) in [5.74, 6) is 0. The Morgan fingerprint density at radius 3 is 2.38 bits per heavy atom. The van der Waals surface area contributed by atoms with Crippen molar-refractivity contribution in [1.29, 1.82) is 0 Å². The lowest BCUT2D eigenvalue weighted by atomic mass is 10.0. The van der Waals surface area contributed by atoms with E-state index in [-0.39, 0.29) is 0 Å². The molecule has 5 aromatic rings. The summed E-state index contributed by atoms with van der Waals surface area (Å²) < 4.78 is 5.46. The normalized spacial score (nSPS) is 14.9. The molecule has 34 heavy (non-hydrogen) atoms. The van der Waals surface area contributed by atoms with Gasteiger partial charge in [-0.15, -0.1) is 0 Å². The Morgan fingerprint density at radius 1 is 0.794 bits per heavy atom. The average Bonchev–Trinajstić information content (AvgIpc) is 3.26. The van der Waals surface area contributed by atoms with Gasteiger partial charge in [-0.3, -0.25) is 4.90 Å². The molecular formula is C30H27N3O. The molecule has 1 saturated heterocycles. The first kappa shape index (κ1) is 20.8. The molecule has 0 aliphatic carbocycles. The number of aromatic amines is 1. The molecule has 0 amide bonds. The first-order valence-electron chi connectivity index (χ1n) is 11.9. The van der Waals surface area contributed by atoms with Crippen LogP contribution in [0.25, 0.3) is 45.2 Å². The number of nitrogens with one attached hydrogen (secondary N) is 1. The summed E-state index contributed by atoms with van der Waals surface area (Å²) in [6.07, 6.45) is 6.17. The molecule has 0 saturated carbocycles. The predicted molar refractivity (Wildman–Crippen MR) is 141 cm³/mol. The van der Waals surface area contributed by atoms with E-state index in [1.807, 2.05) is 12.3 Å². The van der Waals surface area contributed by atoms with Gasteiger partial charge in [0.2, 0.25) is 0 Å². The van der Waals surface area contributed by atoms with Crippen LogP contribution in [0, 0.1) is 0 Å². The molecule has 0 unspecified atom stereocenters. The maximum absolute atomic E-state index is 5.46. The number of ether oxygens (including phenoxy) is 1. The van der Waals surface area contributed by atoms with Gasteiger partial charge in [0, 0.05) is 42.1 Å². The predicted octanol–water partition coefficient (Wildman–Crippen LogP) is 6.39. The molecule has 3 heterocycles. The van der Waals surface area contributed by atoms with E-state index in [4.69, 9.17) is 4.74 Å². The van der Waals surface area contributed by atoms with Crippen molar-refractivity contribution < 1.29 is 4.74 Å². The first-order valence-corrected chi connectivity index (χ1v) is 11.9. The van der Waals surface area contributed by atoms with Crippen LogP contribution in [0.4, 0.5) is 0 Å². The molecule has 0 atom stereocenters. The Bertz CT molecular complexity index is 1450. The summed E-state index contributed by atoms with van der Waals surface area (Å²) in [6, 6.07) is 28.2. The lowest BCUT2D eigenvalue weighted by Crippen LogP contribution is -2.35. The molecule has 1 aliphatic rings. The molecule has 0 radical (unpaired) electrons. The van der Waals surface area contributed by atoms with Crippen LogP contribution in [0.15, 0.2) is 85.1 Å². The smallest absolute Gasteiger partial charge is 0.138 e. The minimum Gasteiger partial charge on any atom is -0.379 e. The van der Waals surface area contributed by atoms with Crippen LogP contribution >= 0.6 is 0 Å². The van der Waals surface area contributed by atoms with Crippen molar-refractivity contribution >= 4 is 34.1 Å². The van der Waals surface area contributed by atoms with Gasteiger partial charge in [0.15, 0.2) is 0 Å². The average molecular weight is 446 g/mol. The zero-order chi connectivity index (χ0) is 22.7. The fourth-order valence-corrected chi connectivity index (χ4v) is 4.64. The Labute approximate surface area is 199 Å². The number of hydrogen-bond acceptors (Lipinski definition) is 3. The lowest BCUT2D eigenvalue weighted by Gasteiger charge is -2.26. The second-order valence-corrected chi connectivity index (χ2v) is 8.88. The summed E-state index contributed by atoms with van der Waals surface area (Å²) in [5.41, 5.74) is 8.10. The number of pyridine rings is 1. The van der Waals surface area contributed by atoms with E-state index >= 15 is 0 Å². The fraction of sp³-hybridized carbons (Fsp3) is 0.167. The van der Waals surface area contributed by atoms with Gasteiger partial charge in [-0.25, -0.2) is 4.98 Å². The van der Waals surface area contributed by atoms with Crippen molar-refractivity contribution in [1.82, 2.24) is 14.9 Å². The Morgan fingerprint density at radius 2 is 1.56 bits per heavy atom. The molecule has 4 heteroatoms. The molecule has 4 nitrogen and oxygen atoms in total. The van der Waals surface area contributed by atoms with Crippen molar-refractivity contribution in [2.45, 2.75) is 6.54 Å². The largest absolute Gasteiger partial charge is 0.379 e. The molecular weight excluding hydrogens is 418 g/mol. The quantitative estimate of drug-likeness (QED) is 0.341. The van der Waals surface area contributed by atoms with Crippen LogP contribution in [0.3, 0.4) is 0 Å². The molecule has 0 spiro atoms. The van der Waals surface area contributed by atoms with Gasteiger partial charge in [-0.2, -0.15) is 0 Å². The van der Waals surface area contributed by atoms with Gasteiger partial charge in [0.1, 0.15) is 5.65 Å². The van der Waals surface area contributed by atoms with Crippen molar-refractivity contribution in [3.8, 4) is 11.1 Å². The highest BCUT2D eigenvalue weighted by atomic mass is 16.5. The maximum Gasteiger partial charge on any atom is 0.138 e. The Kier molecular flexibility index (Phi) is 5.68. The van der Waals surface area contributed by atoms with E-state index in [0.29, 0.717) is 0 Å². The minimum atomic E-state index is 0.835. The van der Waals surface area contributed by atoms with E-state index in [1.54, 1.807) is 0 Å². The third-order valence-corrected chi connectivity index (χ3v) is 6.54. The highest BCUT2D eigenvalue weighted by molar-refractivity contribution is 6.07. The fourth-order valence-electron chi connectivity index (χ4n) is 4.64. The maximum atomic E-state index is 5.46. The van der Waals surface area contributed by atoms with Crippen LogP contribution in [-0.2, 0) is 11.3 Å². The summed E-state index contributed by atoms with van der Waals surface area (Å²) in [4.78, 5) is 10.6. The Hall–Kier alpha value is -3.73. The van der Waals surface area contributed by atoms with Crippen molar-refractivity contribution in [2.24, 2.45) is 0 Å². The SMILES string of the molecule is C(=Cc1cnc2[nH]c3ccc(-c4ccc(CN5CCOCC5)cc4)cc3c2c1)c1ccccc1. The zero-order valence-electron chi connectivity index (χ0n) is 19.1. The van der Waals surface area contributed by atoms with Crippen molar-refractivity contribution in [2.75, 3.05) is 26.3 Å². The third-order valence-electron chi connectivity index (χ3n) is 6.54. The first-order chi connectivity index (χ1) is 16.8. The van der Waals surface area contributed by atoms with Crippen LogP contribution in [0.1, 0.15) is 16.7 Å². The molecule has 1 N–H and O–H groups in total. The van der Waals surface area contributed by atoms with Gasteiger partial charge in [-0.1, -0.05) is 72.8 Å². The number of hydrogen-bond donors (Lipinski definition) is 1. The van der Waals surface area contributed by atoms with Gasteiger partial charge < -0.3 is 9.72 Å². The van der Waals surface area contributed by atoms with Crippen molar-refractivity contribution in [3.63, 3.8) is 0 Å². The van der Waals surface area contributed by atoms with Gasteiger partial charge in [0.05, 0.1) is 13.2 Å². The summed E-state index contributed by atoms with van der Waals surface area (Å²) >= 11 is 0. The summed E-state index contributed by atoms with van der Waals surface area (Å²) in [7, 11) is 0. The van der Waals surface area contributed by atoms with Gasteiger partial charge in [-0.05, 0) is 46.0 Å². The monoisotopic (exact) mass is 445 g/mol. The van der Waals surface area contributed by atoms with Crippen LogP contribution in [-0.4, -0.2) is 41.2 Å². The number of benzene rings is 3. The van der Waals surface area contributed by atoms with Gasteiger partial charge >= 0.3 is 0 Å². The van der Waals surface area contributed by atoms with E-state index in [9.17, 15) is 0 Å². The molecule has 1 fully saturated rings. The number of aromatic nitrogens is 2. The number of morpholine rings is 1. The third kappa shape index (κ3) is 4.38. The van der Waals surface area contributed by atoms with Crippen LogP contribution in [0.5, 0.6) is 0 Å². The van der Waals surface area contributed by atoms with E-state index in [1.165, 1.54) is 27.6 Å².